The lowest BCUT2D eigenvalue weighted by atomic mass is 10.4. The molecule has 0 aromatic carbocycles. The highest BCUT2D eigenvalue weighted by molar-refractivity contribution is 9.10. The van der Waals surface area contributed by atoms with E-state index in [1.54, 1.807) is 6.07 Å². The van der Waals surface area contributed by atoms with Crippen molar-refractivity contribution in [1.29, 1.82) is 0 Å². The minimum Gasteiger partial charge on any atom is -0.368 e. The molecule has 0 bridgehead atoms. The van der Waals surface area contributed by atoms with Gasteiger partial charge in [0.15, 0.2) is 0 Å². The largest absolute Gasteiger partial charge is 0.368 e. The van der Waals surface area contributed by atoms with Crippen molar-refractivity contribution in [3.63, 3.8) is 0 Å². The fraction of sp³-hybridized carbons (Fsp3) is 0.500. The zero-order valence-corrected chi connectivity index (χ0v) is 11.0. The zero-order valence-electron chi connectivity index (χ0n) is 9.40. The van der Waals surface area contributed by atoms with Crippen LogP contribution in [0.5, 0.6) is 0 Å². The van der Waals surface area contributed by atoms with E-state index in [9.17, 15) is 4.79 Å². The maximum absolute atomic E-state index is 10.9. The summed E-state index contributed by atoms with van der Waals surface area (Å²) in [6.07, 6.45) is 0.751. The highest BCUT2D eigenvalue weighted by Gasteiger charge is 2.10. The Morgan fingerprint density at radius 1 is 1.50 bits per heavy atom. The number of hydrogen-bond acceptors (Lipinski definition) is 4. The van der Waals surface area contributed by atoms with Crippen LogP contribution in [0, 0.1) is 0 Å². The van der Waals surface area contributed by atoms with Gasteiger partial charge >= 0.3 is 0 Å². The van der Waals surface area contributed by atoms with Gasteiger partial charge < -0.3 is 10.6 Å². The monoisotopic (exact) mass is 286 g/mol. The number of halogens is 1. The van der Waals surface area contributed by atoms with Gasteiger partial charge in [0.05, 0.1) is 6.54 Å². The molecular formula is C10H15BrN4O. The highest BCUT2D eigenvalue weighted by atomic mass is 79.9. The van der Waals surface area contributed by atoms with E-state index in [2.05, 4.69) is 25.9 Å². The van der Waals surface area contributed by atoms with Gasteiger partial charge in [0.1, 0.15) is 16.2 Å². The second kappa shape index (κ2) is 5.79. The van der Waals surface area contributed by atoms with E-state index in [4.69, 9.17) is 5.73 Å². The number of nitrogens with two attached hydrogens (primary N) is 1. The number of nitrogens with zero attached hydrogens (tertiary/aromatic N) is 3. The van der Waals surface area contributed by atoms with E-state index >= 15 is 0 Å². The third kappa shape index (κ3) is 3.44. The van der Waals surface area contributed by atoms with Gasteiger partial charge in [-0.05, 0) is 22.9 Å². The molecule has 0 radical (unpaired) electrons. The van der Waals surface area contributed by atoms with Crippen LogP contribution in [0.2, 0.25) is 0 Å². The number of primary amides is 1. The summed E-state index contributed by atoms with van der Waals surface area (Å²) in [6, 6.07) is 1.78. The average molecular weight is 287 g/mol. The Morgan fingerprint density at radius 3 is 2.69 bits per heavy atom. The number of likely N-dealkylation sites (N-methyl/N-ethyl adjacent to an activating group) is 1. The van der Waals surface area contributed by atoms with Crippen LogP contribution in [0.1, 0.15) is 19.7 Å². The summed E-state index contributed by atoms with van der Waals surface area (Å²) < 4.78 is 0.720. The number of carbonyl (C=O) groups is 1. The predicted octanol–water partition coefficient (Wildman–Crippen LogP) is 1.11. The van der Waals surface area contributed by atoms with Gasteiger partial charge in [0.25, 0.3) is 0 Å². The maximum atomic E-state index is 10.9. The zero-order chi connectivity index (χ0) is 12.1. The molecule has 0 unspecified atom stereocenters. The van der Waals surface area contributed by atoms with Crippen LogP contribution in [-0.2, 0) is 11.2 Å². The Labute approximate surface area is 103 Å². The molecule has 1 aromatic heterocycles. The Bertz CT molecular complexity index is 383. The first-order valence-corrected chi connectivity index (χ1v) is 5.92. The molecule has 0 spiro atoms. The van der Waals surface area contributed by atoms with Crippen LogP contribution in [0.25, 0.3) is 0 Å². The van der Waals surface area contributed by atoms with E-state index in [0.29, 0.717) is 6.54 Å². The quantitative estimate of drug-likeness (QED) is 0.823. The molecule has 0 fully saturated rings. The van der Waals surface area contributed by atoms with Crippen LogP contribution < -0.4 is 10.6 Å². The van der Waals surface area contributed by atoms with Gasteiger partial charge in [0, 0.05) is 19.0 Å². The standard InChI is InChI=1S/C10H15BrN4O/c1-3-9-13-7(11)5-10(14-9)15(4-2)6-8(12)16/h5H,3-4,6H2,1-2H3,(H2,12,16). The molecule has 5 nitrogen and oxygen atoms in total. The Kier molecular flexibility index (Phi) is 4.67. The van der Waals surface area contributed by atoms with Crippen LogP contribution in [0.3, 0.4) is 0 Å². The van der Waals surface area contributed by atoms with E-state index in [1.807, 2.05) is 18.7 Å². The van der Waals surface area contributed by atoms with Gasteiger partial charge in [-0.2, -0.15) is 0 Å². The van der Waals surface area contributed by atoms with Crippen molar-refractivity contribution in [2.24, 2.45) is 5.73 Å². The van der Waals surface area contributed by atoms with Crippen molar-refractivity contribution in [2.45, 2.75) is 20.3 Å². The Balaban J connectivity index is 2.99. The van der Waals surface area contributed by atoms with Crippen molar-refractivity contribution in [3.8, 4) is 0 Å². The summed E-state index contributed by atoms with van der Waals surface area (Å²) in [4.78, 5) is 21.3. The van der Waals surface area contributed by atoms with Crippen molar-refractivity contribution < 1.29 is 4.79 Å². The van der Waals surface area contributed by atoms with Gasteiger partial charge in [-0.15, -0.1) is 0 Å². The summed E-state index contributed by atoms with van der Waals surface area (Å²) in [5.41, 5.74) is 5.18. The lowest BCUT2D eigenvalue weighted by Crippen LogP contribution is -2.34. The molecule has 0 saturated carbocycles. The van der Waals surface area contributed by atoms with Crippen LogP contribution >= 0.6 is 15.9 Å². The molecule has 0 aliphatic rings. The van der Waals surface area contributed by atoms with Gasteiger partial charge in [-0.25, -0.2) is 9.97 Å². The summed E-state index contributed by atoms with van der Waals surface area (Å²) in [6.45, 7) is 4.78. The van der Waals surface area contributed by atoms with Gasteiger partial charge in [-0.1, -0.05) is 6.92 Å². The fourth-order valence-corrected chi connectivity index (χ4v) is 1.72. The van der Waals surface area contributed by atoms with Crippen molar-refractivity contribution in [1.82, 2.24) is 9.97 Å². The molecule has 16 heavy (non-hydrogen) atoms. The first kappa shape index (κ1) is 12.9. The maximum Gasteiger partial charge on any atom is 0.236 e. The number of aromatic nitrogens is 2. The SMILES string of the molecule is CCc1nc(Br)cc(N(CC)CC(N)=O)n1. The summed E-state index contributed by atoms with van der Waals surface area (Å²) in [5.74, 6) is 1.10. The minimum atomic E-state index is -0.366. The minimum absolute atomic E-state index is 0.170. The number of hydrogen-bond donors (Lipinski definition) is 1. The molecule has 6 heteroatoms. The van der Waals surface area contributed by atoms with Crippen molar-refractivity contribution in [3.05, 3.63) is 16.5 Å². The summed E-state index contributed by atoms with van der Waals surface area (Å²) in [5, 5.41) is 0. The molecular weight excluding hydrogens is 272 g/mol. The molecule has 88 valence electrons. The van der Waals surface area contributed by atoms with Gasteiger partial charge in [-0.3, -0.25) is 4.79 Å². The van der Waals surface area contributed by atoms with Crippen LogP contribution in [0.4, 0.5) is 5.82 Å². The molecule has 2 N–H and O–H groups in total. The predicted molar refractivity (Wildman–Crippen MR) is 66.2 cm³/mol. The molecule has 0 atom stereocenters. The normalized spacial score (nSPS) is 10.2. The molecule has 0 saturated heterocycles. The Morgan fingerprint density at radius 2 is 2.19 bits per heavy atom. The van der Waals surface area contributed by atoms with E-state index < -0.39 is 0 Å². The first-order chi connectivity index (χ1) is 7.56. The first-order valence-electron chi connectivity index (χ1n) is 5.13. The van der Waals surface area contributed by atoms with E-state index in [1.165, 1.54) is 0 Å². The number of amides is 1. The molecule has 0 aliphatic heterocycles. The smallest absolute Gasteiger partial charge is 0.236 e. The fourth-order valence-electron chi connectivity index (χ4n) is 1.31. The lowest BCUT2D eigenvalue weighted by Gasteiger charge is -2.20. The third-order valence-corrected chi connectivity index (χ3v) is 2.50. The number of rotatable bonds is 5. The van der Waals surface area contributed by atoms with E-state index in [0.717, 1.165) is 22.7 Å². The van der Waals surface area contributed by atoms with Gasteiger partial charge in [0.2, 0.25) is 5.91 Å². The van der Waals surface area contributed by atoms with Crippen molar-refractivity contribution >= 4 is 27.7 Å². The topological polar surface area (TPSA) is 72.1 Å². The number of anilines is 1. The Hall–Kier alpha value is -1.17. The highest BCUT2D eigenvalue weighted by Crippen LogP contribution is 2.16. The summed E-state index contributed by atoms with van der Waals surface area (Å²) >= 11 is 3.32. The third-order valence-electron chi connectivity index (χ3n) is 2.10. The number of aryl methyl sites for hydroxylation is 1. The number of carbonyl (C=O) groups excluding carboxylic acids is 1. The lowest BCUT2D eigenvalue weighted by molar-refractivity contribution is -0.116. The van der Waals surface area contributed by atoms with Crippen molar-refractivity contribution in [2.75, 3.05) is 18.0 Å². The second-order valence-corrected chi connectivity index (χ2v) is 4.11. The molecule has 1 rings (SSSR count). The second-order valence-electron chi connectivity index (χ2n) is 3.30. The summed E-state index contributed by atoms with van der Waals surface area (Å²) in [7, 11) is 0. The van der Waals surface area contributed by atoms with E-state index in [-0.39, 0.29) is 12.5 Å². The average Bonchev–Trinajstić information content (AvgIpc) is 2.24. The molecule has 1 amide bonds. The van der Waals surface area contributed by atoms with Crippen LogP contribution in [0.15, 0.2) is 10.7 Å². The molecule has 1 heterocycles. The molecule has 0 aliphatic carbocycles. The molecule has 1 aromatic rings. The van der Waals surface area contributed by atoms with Crippen LogP contribution in [-0.4, -0.2) is 29.0 Å².